The third kappa shape index (κ3) is 6.53. The summed E-state index contributed by atoms with van der Waals surface area (Å²) in [6.07, 6.45) is 3.16. The highest BCUT2D eigenvalue weighted by Crippen LogP contribution is 2.54. The molecule has 222 valence electrons. The summed E-state index contributed by atoms with van der Waals surface area (Å²) in [6, 6.07) is 18.6. The number of halogens is 4. The van der Waals surface area contributed by atoms with Crippen LogP contribution in [0.1, 0.15) is 84.0 Å². The van der Waals surface area contributed by atoms with Crippen LogP contribution in [0.5, 0.6) is 5.75 Å². The summed E-state index contributed by atoms with van der Waals surface area (Å²) < 4.78 is 57.0. The molecule has 0 radical (unpaired) electrons. The van der Waals surface area contributed by atoms with Gasteiger partial charge in [-0.05, 0) is 91.0 Å². The first-order chi connectivity index (χ1) is 20.1. The van der Waals surface area contributed by atoms with E-state index in [1.54, 1.807) is 6.07 Å². The molecule has 0 saturated heterocycles. The Morgan fingerprint density at radius 3 is 2.17 bits per heavy atom. The van der Waals surface area contributed by atoms with Crippen molar-refractivity contribution < 1.29 is 27.1 Å². The van der Waals surface area contributed by atoms with Crippen molar-refractivity contribution >= 4 is 5.78 Å². The van der Waals surface area contributed by atoms with Gasteiger partial charge in [-0.15, -0.1) is 13.2 Å². The van der Waals surface area contributed by atoms with Crippen LogP contribution in [-0.2, 0) is 11.8 Å². The summed E-state index contributed by atoms with van der Waals surface area (Å²) >= 11 is 0. The van der Waals surface area contributed by atoms with E-state index in [-0.39, 0.29) is 28.9 Å². The second-order valence-corrected chi connectivity index (χ2v) is 11.1. The maximum Gasteiger partial charge on any atom is 0.461 e. The molecule has 42 heavy (non-hydrogen) atoms. The number of fused-ring (bicyclic) bond motifs is 3. The molecule has 0 saturated carbocycles. The van der Waals surface area contributed by atoms with Gasteiger partial charge >= 0.3 is 12.5 Å². The number of unbranched alkanes of at least 4 members (excludes halogenated alkanes) is 4. The number of alkyl halides is 4. The van der Waals surface area contributed by atoms with Crippen molar-refractivity contribution in [3.05, 3.63) is 114 Å². The van der Waals surface area contributed by atoms with Crippen LogP contribution in [0.4, 0.5) is 17.6 Å². The van der Waals surface area contributed by atoms with Crippen LogP contribution >= 0.6 is 0 Å². The van der Waals surface area contributed by atoms with Gasteiger partial charge in [0.25, 0.3) is 0 Å². The summed E-state index contributed by atoms with van der Waals surface area (Å²) in [5.41, 5.74) is 5.76. The molecule has 4 rings (SSSR count). The van der Waals surface area contributed by atoms with Crippen molar-refractivity contribution in [1.82, 2.24) is 0 Å². The van der Waals surface area contributed by atoms with Crippen molar-refractivity contribution in [1.29, 1.82) is 0 Å². The van der Waals surface area contributed by atoms with Gasteiger partial charge in [0, 0.05) is 17.4 Å². The molecule has 2 nitrogen and oxygen atoms in total. The van der Waals surface area contributed by atoms with E-state index >= 15 is 0 Å². The first kappa shape index (κ1) is 31.3. The number of hydrogen-bond donors (Lipinski definition) is 0. The summed E-state index contributed by atoms with van der Waals surface area (Å²) in [7, 11) is 0. The summed E-state index contributed by atoms with van der Waals surface area (Å²) in [5.74, 6) is -0.546. The zero-order chi connectivity index (χ0) is 30.3. The maximum atomic E-state index is 13.6. The van der Waals surface area contributed by atoms with Gasteiger partial charge in [-0.2, -0.15) is 17.6 Å². The van der Waals surface area contributed by atoms with Crippen molar-refractivity contribution in [3.8, 4) is 16.9 Å². The lowest BCUT2D eigenvalue weighted by molar-refractivity contribution is -0.253. The molecule has 3 aromatic carbocycles. The second-order valence-electron chi connectivity index (χ2n) is 11.1. The first-order valence-corrected chi connectivity index (χ1v) is 14.6. The topological polar surface area (TPSA) is 26.3 Å². The Labute approximate surface area is 246 Å². The SMILES string of the molecule is C=CCCCCC1(CCCCC=C)c2ccccc2-c2ccc(C(=O)Cc3cccc(OC(F)(F)C(F)F)c3C)cc21. The van der Waals surface area contributed by atoms with Crippen LogP contribution in [0.2, 0.25) is 0 Å². The number of Topliss-reactive ketones (excluding diaryl/α,β-unsaturated/α-hetero) is 1. The van der Waals surface area contributed by atoms with Crippen molar-refractivity contribution in [3.63, 3.8) is 0 Å². The smallest absolute Gasteiger partial charge is 0.428 e. The van der Waals surface area contributed by atoms with E-state index in [0.717, 1.165) is 62.5 Å². The minimum Gasteiger partial charge on any atom is -0.428 e. The molecule has 0 aliphatic heterocycles. The molecule has 0 heterocycles. The number of benzene rings is 3. The van der Waals surface area contributed by atoms with E-state index in [0.29, 0.717) is 11.1 Å². The average Bonchev–Trinajstić information content (AvgIpc) is 3.24. The van der Waals surface area contributed by atoms with Gasteiger partial charge in [-0.1, -0.05) is 73.5 Å². The minimum absolute atomic E-state index is 0.0688. The zero-order valence-electron chi connectivity index (χ0n) is 24.1. The fourth-order valence-electron chi connectivity index (χ4n) is 6.15. The largest absolute Gasteiger partial charge is 0.461 e. The summed E-state index contributed by atoms with van der Waals surface area (Å²) in [5, 5.41) is 0. The standard InChI is InChI=1S/C36H38F4O2/c1-4-6-8-12-21-35(22-13-9-7-5-2)30-17-11-10-16-28(30)29-20-19-27(23-31(29)35)32(41)24-26-15-14-18-33(25(26)3)42-36(39,40)34(37)38/h4-5,10-11,14-20,23,34H,1-2,6-9,12-13,21-22,24H2,3H3. The second kappa shape index (κ2) is 13.5. The van der Waals surface area contributed by atoms with Gasteiger partial charge in [0.15, 0.2) is 5.78 Å². The molecular formula is C36H38F4O2. The van der Waals surface area contributed by atoms with Crippen molar-refractivity contribution in [2.45, 2.75) is 82.7 Å². The van der Waals surface area contributed by atoms with Crippen LogP contribution in [0.15, 0.2) is 86.0 Å². The molecule has 0 aromatic heterocycles. The number of hydrogen-bond acceptors (Lipinski definition) is 2. The summed E-state index contributed by atoms with van der Waals surface area (Å²) in [4.78, 5) is 13.6. The Kier molecular flexibility index (Phi) is 10.1. The minimum atomic E-state index is -4.62. The lowest BCUT2D eigenvalue weighted by Crippen LogP contribution is -2.33. The van der Waals surface area contributed by atoms with E-state index in [1.165, 1.54) is 30.2 Å². The molecular weight excluding hydrogens is 540 g/mol. The molecule has 0 N–H and O–H groups in total. The van der Waals surface area contributed by atoms with Crippen LogP contribution in [0, 0.1) is 6.92 Å². The highest BCUT2D eigenvalue weighted by molar-refractivity contribution is 5.99. The monoisotopic (exact) mass is 578 g/mol. The highest BCUT2D eigenvalue weighted by atomic mass is 19.3. The zero-order valence-corrected chi connectivity index (χ0v) is 24.1. The van der Waals surface area contributed by atoms with Gasteiger partial charge in [-0.3, -0.25) is 4.79 Å². The van der Waals surface area contributed by atoms with Crippen LogP contribution in [0.25, 0.3) is 11.1 Å². The highest BCUT2D eigenvalue weighted by Gasteiger charge is 2.44. The molecule has 0 spiro atoms. The number of ether oxygens (including phenoxy) is 1. The maximum absolute atomic E-state index is 13.6. The average molecular weight is 579 g/mol. The van der Waals surface area contributed by atoms with Gasteiger partial charge in [-0.25, -0.2) is 0 Å². The summed E-state index contributed by atoms with van der Waals surface area (Å²) in [6.45, 7) is 9.23. The normalized spacial score (nSPS) is 13.5. The predicted molar refractivity (Wildman–Crippen MR) is 161 cm³/mol. The Hall–Kier alpha value is -3.67. The molecule has 1 aliphatic rings. The van der Waals surface area contributed by atoms with Gasteiger partial charge in [0.2, 0.25) is 0 Å². The van der Waals surface area contributed by atoms with Crippen molar-refractivity contribution in [2.24, 2.45) is 0 Å². The Balaban J connectivity index is 1.68. The lowest BCUT2D eigenvalue weighted by atomic mass is 9.70. The molecule has 3 aromatic rings. The number of carbonyl (C=O) groups excluding carboxylic acids is 1. The molecule has 0 bridgehead atoms. The van der Waals surface area contributed by atoms with Gasteiger partial charge in [0.1, 0.15) is 5.75 Å². The van der Waals surface area contributed by atoms with Crippen LogP contribution < -0.4 is 4.74 Å². The third-order valence-electron chi connectivity index (χ3n) is 8.36. The van der Waals surface area contributed by atoms with E-state index in [9.17, 15) is 22.4 Å². The van der Waals surface area contributed by atoms with E-state index < -0.39 is 12.5 Å². The number of ketones is 1. The Morgan fingerprint density at radius 1 is 0.881 bits per heavy atom. The van der Waals surface area contributed by atoms with E-state index in [2.05, 4.69) is 36.1 Å². The fourth-order valence-corrected chi connectivity index (χ4v) is 6.15. The molecule has 6 heteroatoms. The van der Waals surface area contributed by atoms with Crippen molar-refractivity contribution in [2.75, 3.05) is 0 Å². The number of rotatable bonds is 16. The molecule has 1 aliphatic carbocycles. The van der Waals surface area contributed by atoms with E-state index in [1.807, 2.05) is 36.4 Å². The fraction of sp³-hybridized carbons (Fsp3) is 0.361. The predicted octanol–water partition coefficient (Wildman–Crippen LogP) is 10.4. The molecule has 0 atom stereocenters. The van der Waals surface area contributed by atoms with Gasteiger partial charge < -0.3 is 4.74 Å². The number of allylic oxidation sites excluding steroid dienone is 2. The molecule has 0 amide bonds. The number of carbonyl (C=O) groups is 1. The third-order valence-corrected chi connectivity index (χ3v) is 8.36. The Bertz CT molecular complexity index is 1410. The lowest BCUT2D eigenvalue weighted by Gasteiger charge is -2.33. The van der Waals surface area contributed by atoms with Crippen LogP contribution in [0.3, 0.4) is 0 Å². The van der Waals surface area contributed by atoms with Gasteiger partial charge in [0.05, 0.1) is 0 Å². The first-order valence-electron chi connectivity index (χ1n) is 14.6. The van der Waals surface area contributed by atoms with E-state index in [4.69, 9.17) is 0 Å². The Morgan fingerprint density at radius 2 is 1.52 bits per heavy atom. The van der Waals surface area contributed by atoms with Crippen LogP contribution in [-0.4, -0.2) is 18.3 Å². The molecule has 0 fully saturated rings. The molecule has 0 unspecified atom stereocenters. The quantitative estimate of drug-likeness (QED) is 0.0732.